The van der Waals surface area contributed by atoms with E-state index in [-0.39, 0.29) is 24.7 Å². The van der Waals surface area contributed by atoms with Crippen molar-refractivity contribution in [1.82, 2.24) is 5.16 Å². The van der Waals surface area contributed by atoms with E-state index < -0.39 is 0 Å². The fraction of sp³-hybridized carbons (Fsp3) is 0.200. The third kappa shape index (κ3) is 2.09. The van der Waals surface area contributed by atoms with Crippen LogP contribution in [0.3, 0.4) is 0 Å². The number of hydrogen-bond acceptors (Lipinski definition) is 4. The maximum absolute atomic E-state index is 8.46. The summed E-state index contributed by atoms with van der Waals surface area (Å²) in [7, 11) is 0. The van der Waals surface area contributed by atoms with Gasteiger partial charge in [-0.3, -0.25) is 0 Å². The molecule has 1 heterocycles. The standard InChI is InChI=1S/C10H11N3O2.ClH/c1-6-3-2-4-7-8(5-9(11)12-14)13-15-10(6)7;/h2-4,14H,5H2,1H3,(H2,11,12);1H. The molecule has 0 aliphatic rings. The second-order valence-corrected chi connectivity index (χ2v) is 3.35. The van der Waals surface area contributed by atoms with Crippen LogP contribution in [0, 0.1) is 6.92 Å². The van der Waals surface area contributed by atoms with Crippen LogP contribution in [0.4, 0.5) is 0 Å². The van der Waals surface area contributed by atoms with E-state index in [1.54, 1.807) is 0 Å². The van der Waals surface area contributed by atoms with E-state index in [1.807, 2.05) is 25.1 Å². The number of hydrogen-bond donors (Lipinski definition) is 2. The van der Waals surface area contributed by atoms with Crippen molar-refractivity contribution in [3.8, 4) is 0 Å². The minimum atomic E-state index is 0. The molecule has 2 rings (SSSR count). The number of oxime groups is 1. The first-order valence-electron chi connectivity index (χ1n) is 4.52. The van der Waals surface area contributed by atoms with Crippen LogP contribution in [-0.2, 0) is 6.42 Å². The maximum Gasteiger partial charge on any atom is 0.170 e. The summed E-state index contributed by atoms with van der Waals surface area (Å²) >= 11 is 0. The summed E-state index contributed by atoms with van der Waals surface area (Å²) in [5.74, 6) is 0.117. The lowest BCUT2D eigenvalue weighted by atomic mass is 10.1. The van der Waals surface area contributed by atoms with E-state index in [1.165, 1.54) is 0 Å². The summed E-state index contributed by atoms with van der Waals surface area (Å²) in [5, 5.41) is 16.2. The number of nitrogens with zero attached hydrogens (tertiary/aromatic N) is 2. The van der Waals surface area contributed by atoms with E-state index in [0.717, 1.165) is 16.5 Å². The Morgan fingerprint density at radius 2 is 2.31 bits per heavy atom. The number of benzene rings is 1. The Morgan fingerprint density at radius 1 is 1.56 bits per heavy atom. The largest absolute Gasteiger partial charge is 0.409 e. The molecule has 0 bridgehead atoms. The van der Waals surface area contributed by atoms with Gasteiger partial charge in [-0.05, 0) is 18.6 Å². The number of nitrogens with two attached hydrogens (primary N) is 1. The lowest BCUT2D eigenvalue weighted by molar-refractivity contribution is 0.317. The quantitative estimate of drug-likeness (QED) is 0.364. The highest BCUT2D eigenvalue weighted by molar-refractivity contribution is 5.89. The van der Waals surface area contributed by atoms with Crippen molar-refractivity contribution >= 4 is 29.2 Å². The minimum Gasteiger partial charge on any atom is -0.409 e. The highest BCUT2D eigenvalue weighted by Gasteiger charge is 2.10. The van der Waals surface area contributed by atoms with Crippen molar-refractivity contribution in [2.75, 3.05) is 0 Å². The Balaban J connectivity index is 0.00000128. The molecule has 86 valence electrons. The molecule has 0 fully saturated rings. The van der Waals surface area contributed by atoms with Gasteiger partial charge in [0.15, 0.2) is 5.58 Å². The SMILES string of the molecule is Cc1cccc2c(CC(N)=NO)noc12.Cl. The lowest BCUT2D eigenvalue weighted by Gasteiger charge is -1.94. The third-order valence-electron chi connectivity index (χ3n) is 2.25. The molecule has 1 aromatic carbocycles. The van der Waals surface area contributed by atoms with Crippen molar-refractivity contribution < 1.29 is 9.73 Å². The Kier molecular flexibility index (Phi) is 3.73. The lowest BCUT2D eigenvalue weighted by Crippen LogP contribution is -2.14. The highest BCUT2D eigenvalue weighted by atomic mass is 35.5. The molecule has 6 heteroatoms. The van der Waals surface area contributed by atoms with Gasteiger partial charge in [-0.1, -0.05) is 22.4 Å². The molecule has 0 aliphatic heterocycles. The third-order valence-corrected chi connectivity index (χ3v) is 2.25. The highest BCUT2D eigenvalue weighted by Crippen LogP contribution is 2.21. The van der Waals surface area contributed by atoms with E-state index in [0.29, 0.717) is 5.69 Å². The Bertz CT molecular complexity index is 522. The van der Waals surface area contributed by atoms with Gasteiger partial charge in [-0.2, -0.15) is 0 Å². The zero-order valence-corrected chi connectivity index (χ0v) is 9.49. The van der Waals surface area contributed by atoms with Crippen molar-refractivity contribution in [3.63, 3.8) is 0 Å². The summed E-state index contributed by atoms with van der Waals surface area (Å²) < 4.78 is 5.18. The van der Waals surface area contributed by atoms with Crippen LogP contribution in [0.5, 0.6) is 0 Å². The van der Waals surface area contributed by atoms with Gasteiger partial charge >= 0.3 is 0 Å². The van der Waals surface area contributed by atoms with Gasteiger partial charge in [0.2, 0.25) is 0 Å². The topological polar surface area (TPSA) is 84.6 Å². The van der Waals surface area contributed by atoms with E-state index >= 15 is 0 Å². The van der Waals surface area contributed by atoms with Crippen molar-refractivity contribution in [2.45, 2.75) is 13.3 Å². The molecule has 0 radical (unpaired) electrons. The van der Waals surface area contributed by atoms with Crippen molar-refractivity contribution in [1.29, 1.82) is 0 Å². The van der Waals surface area contributed by atoms with Crippen LogP contribution in [0.1, 0.15) is 11.3 Å². The van der Waals surface area contributed by atoms with E-state index in [2.05, 4.69) is 10.3 Å². The summed E-state index contributed by atoms with van der Waals surface area (Å²) in [4.78, 5) is 0. The molecule has 0 saturated carbocycles. The second-order valence-electron chi connectivity index (χ2n) is 3.35. The first kappa shape index (κ1) is 12.3. The van der Waals surface area contributed by atoms with Gasteiger partial charge in [-0.15, -0.1) is 12.4 Å². The fourth-order valence-corrected chi connectivity index (χ4v) is 1.49. The number of fused-ring (bicyclic) bond motifs is 1. The maximum atomic E-state index is 8.46. The molecule has 0 aliphatic carbocycles. The van der Waals surface area contributed by atoms with Crippen LogP contribution < -0.4 is 5.73 Å². The fourth-order valence-electron chi connectivity index (χ4n) is 1.49. The predicted octanol–water partition coefficient (Wildman–Crippen LogP) is 1.85. The van der Waals surface area contributed by atoms with Crippen LogP contribution in [0.25, 0.3) is 11.0 Å². The average Bonchev–Trinajstić information content (AvgIpc) is 2.63. The molecule has 0 saturated heterocycles. The Hall–Kier alpha value is -1.75. The van der Waals surface area contributed by atoms with Gasteiger partial charge in [0.05, 0.1) is 12.1 Å². The van der Waals surface area contributed by atoms with Gasteiger partial charge in [0.1, 0.15) is 5.84 Å². The summed E-state index contributed by atoms with van der Waals surface area (Å²) in [6.07, 6.45) is 0.285. The summed E-state index contributed by atoms with van der Waals surface area (Å²) in [6, 6.07) is 5.77. The predicted molar refractivity (Wildman–Crippen MR) is 63.1 cm³/mol. The Morgan fingerprint density at radius 3 is 3.00 bits per heavy atom. The molecule has 0 unspecified atom stereocenters. The number of amidine groups is 1. The van der Waals surface area contributed by atoms with Crippen LogP contribution >= 0.6 is 12.4 Å². The van der Waals surface area contributed by atoms with E-state index in [4.69, 9.17) is 15.5 Å². The molecule has 0 amide bonds. The first-order chi connectivity index (χ1) is 7.22. The number of aromatic nitrogens is 1. The monoisotopic (exact) mass is 241 g/mol. The number of aryl methyl sites for hydroxylation is 1. The van der Waals surface area contributed by atoms with Crippen LogP contribution in [0.2, 0.25) is 0 Å². The van der Waals surface area contributed by atoms with Crippen LogP contribution in [-0.4, -0.2) is 16.2 Å². The number of para-hydroxylation sites is 1. The number of rotatable bonds is 2. The molecular weight excluding hydrogens is 230 g/mol. The molecule has 0 spiro atoms. The molecule has 2 aromatic rings. The second kappa shape index (κ2) is 4.85. The molecule has 3 N–H and O–H groups in total. The van der Waals surface area contributed by atoms with Gasteiger partial charge in [0.25, 0.3) is 0 Å². The normalized spacial score (nSPS) is 11.4. The Labute approximate surface area is 98.3 Å². The molecular formula is C10H12ClN3O2. The summed E-state index contributed by atoms with van der Waals surface area (Å²) in [6.45, 7) is 1.95. The molecule has 16 heavy (non-hydrogen) atoms. The minimum absolute atomic E-state index is 0. The van der Waals surface area contributed by atoms with Crippen molar-refractivity contribution in [2.24, 2.45) is 10.9 Å². The van der Waals surface area contributed by atoms with Gasteiger partial charge < -0.3 is 15.5 Å². The number of halogens is 1. The first-order valence-corrected chi connectivity index (χ1v) is 4.52. The zero-order valence-electron chi connectivity index (χ0n) is 8.67. The van der Waals surface area contributed by atoms with Gasteiger partial charge in [-0.25, -0.2) is 0 Å². The molecule has 1 aromatic heterocycles. The van der Waals surface area contributed by atoms with Gasteiger partial charge in [0, 0.05) is 5.39 Å². The van der Waals surface area contributed by atoms with E-state index in [9.17, 15) is 0 Å². The summed E-state index contributed by atoms with van der Waals surface area (Å²) in [5.41, 5.74) is 7.86. The average molecular weight is 242 g/mol. The van der Waals surface area contributed by atoms with Crippen LogP contribution in [0.15, 0.2) is 27.9 Å². The van der Waals surface area contributed by atoms with Crippen molar-refractivity contribution in [3.05, 3.63) is 29.5 Å². The smallest absolute Gasteiger partial charge is 0.170 e. The molecule has 5 nitrogen and oxygen atoms in total. The molecule has 0 atom stereocenters. The zero-order chi connectivity index (χ0) is 10.8.